The lowest BCUT2D eigenvalue weighted by molar-refractivity contribution is 0.235. The number of pyridine rings is 1. The van der Waals surface area contributed by atoms with E-state index < -0.39 is 0 Å². The second-order valence-corrected chi connectivity index (χ2v) is 5.97. The number of rotatable bonds is 3. The predicted molar refractivity (Wildman–Crippen MR) is 94.1 cm³/mol. The Hall–Kier alpha value is -1.16. The molecule has 120 valence electrons. The van der Waals surface area contributed by atoms with Gasteiger partial charge in [-0.1, -0.05) is 49.7 Å². The molecule has 3 rings (SSSR count). The monoisotopic (exact) mass is 319 g/mol. The Labute approximate surface area is 139 Å². The van der Waals surface area contributed by atoms with Crippen LogP contribution in [0, 0.1) is 0 Å². The lowest BCUT2D eigenvalue weighted by Gasteiger charge is -2.33. The molecule has 2 aliphatic rings. The molecule has 1 unspecified atom stereocenters. The Morgan fingerprint density at radius 1 is 1.41 bits per heavy atom. The fourth-order valence-electron chi connectivity index (χ4n) is 2.97. The maximum absolute atomic E-state index is 6.05. The van der Waals surface area contributed by atoms with Gasteiger partial charge in [-0.3, -0.25) is 4.90 Å². The Balaban J connectivity index is 0.000000847. The second-order valence-electron chi connectivity index (χ2n) is 5.59. The van der Waals surface area contributed by atoms with Crippen molar-refractivity contribution in [3.8, 4) is 0 Å². The van der Waals surface area contributed by atoms with Gasteiger partial charge in [-0.15, -0.1) is 0 Å². The van der Waals surface area contributed by atoms with Crippen molar-refractivity contribution in [1.82, 2.24) is 15.2 Å². The summed E-state index contributed by atoms with van der Waals surface area (Å²) < 4.78 is 0. The van der Waals surface area contributed by atoms with Gasteiger partial charge < -0.3 is 5.32 Å². The van der Waals surface area contributed by atoms with E-state index >= 15 is 0 Å². The molecule has 2 aliphatic heterocycles. The highest BCUT2D eigenvalue weighted by molar-refractivity contribution is 6.29. The number of allylic oxidation sites excluding steroid dienone is 2. The number of nitrogens with zero attached hydrogens (tertiary/aromatic N) is 2. The molecule has 1 atom stereocenters. The highest BCUT2D eigenvalue weighted by Crippen LogP contribution is 2.38. The van der Waals surface area contributed by atoms with Crippen molar-refractivity contribution >= 4 is 11.6 Å². The van der Waals surface area contributed by atoms with E-state index in [2.05, 4.69) is 53.3 Å². The average molecular weight is 320 g/mol. The molecule has 1 N–H and O–H groups in total. The van der Waals surface area contributed by atoms with Crippen molar-refractivity contribution in [1.29, 1.82) is 0 Å². The molecule has 0 radical (unpaired) electrons. The Morgan fingerprint density at radius 3 is 2.73 bits per heavy atom. The molecule has 0 bridgehead atoms. The van der Waals surface area contributed by atoms with Gasteiger partial charge in [-0.2, -0.15) is 0 Å². The lowest BCUT2D eigenvalue weighted by atomic mass is 9.94. The summed E-state index contributed by atoms with van der Waals surface area (Å²) >= 11 is 6.05. The molecule has 1 aromatic rings. The molecule has 0 saturated carbocycles. The summed E-state index contributed by atoms with van der Waals surface area (Å²) in [4.78, 5) is 7.03. The number of nitrogens with one attached hydrogen (secondary N) is 1. The molecule has 1 aromatic heterocycles. The third-order valence-electron chi connectivity index (χ3n) is 4.05. The van der Waals surface area contributed by atoms with Crippen LogP contribution in [0.15, 0.2) is 35.9 Å². The number of fused-ring (bicyclic) bond motifs is 2. The van der Waals surface area contributed by atoms with Crippen molar-refractivity contribution in [3.63, 3.8) is 0 Å². The second kappa shape index (κ2) is 7.40. The van der Waals surface area contributed by atoms with E-state index in [9.17, 15) is 0 Å². The smallest absolute Gasteiger partial charge is 0.129 e. The Morgan fingerprint density at radius 2 is 2.14 bits per heavy atom. The summed E-state index contributed by atoms with van der Waals surface area (Å²) in [6.07, 6.45) is 6.46. The lowest BCUT2D eigenvalue weighted by Crippen LogP contribution is -2.41. The molecule has 1 saturated heterocycles. The summed E-state index contributed by atoms with van der Waals surface area (Å²) in [5, 5.41) is 4.08. The topological polar surface area (TPSA) is 38.1 Å². The zero-order valence-electron chi connectivity index (χ0n) is 14.0. The largest absolute Gasteiger partial charge is 0.302 e. The van der Waals surface area contributed by atoms with Gasteiger partial charge in [0.25, 0.3) is 0 Å². The number of hydrogen-bond donors (Lipinski definition) is 1. The summed E-state index contributed by atoms with van der Waals surface area (Å²) in [7, 11) is 0. The quantitative estimate of drug-likeness (QED) is 0.521. The van der Waals surface area contributed by atoms with E-state index in [4.69, 9.17) is 11.6 Å². The molecule has 0 aromatic carbocycles. The zero-order chi connectivity index (χ0) is 16.2. The van der Waals surface area contributed by atoms with Crippen LogP contribution in [0.25, 0.3) is 0 Å². The maximum Gasteiger partial charge on any atom is 0.129 e. The van der Waals surface area contributed by atoms with Gasteiger partial charge in [0, 0.05) is 26.2 Å². The fraction of sp³-hybridized carbons (Fsp3) is 0.500. The van der Waals surface area contributed by atoms with Crippen LogP contribution in [-0.2, 0) is 12.1 Å². The minimum atomic E-state index is 0.0350. The number of aromatic nitrogens is 1. The standard InChI is InChI=1S/C16H20ClN3.C2H6/c1-3-5-12(4-2)8-20-9-13-6-7-14(17)19-15(13)16(11-20)10-18-16;1-2/h3-7,18H,8-11H2,1-2H3;1-2H3/b5-3-,12-4+;. The first-order valence-electron chi connectivity index (χ1n) is 8.08. The number of hydrogen-bond acceptors (Lipinski definition) is 3. The van der Waals surface area contributed by atoms with E-state index in [-0.39, 0.29) is 5.54 Å². The van der Waals surface area contributed by atoms with Crippen LogP contribution in [-0.4, -0.2) is 29.5 Å². The molecule has 1 spiro atoms. The van der Waals surface area contributed by atoms with Crippen LogP contribution in [0.1, 0.15) is 39.0 Å². The third-order valence-corrected chi connectivity index (χ3v) is 4.26. The van der Waals surface area contributed by atoms with E-state index in [0.29, 0.717) is 5.15 Å². The van der Waals surface area contributed by atoms with E-state index in [0.717, 1.165) is 31.9 Å². The SMILES string of the molecule is C/C=C\C(=C/C)CN1Cc2ccc(Cl)nc2C2(CN2)C1.CC. The van der Waals surface area contributed by atoms with Gasteiger partial charge in [-0.05, 0) is 31.1 Å². The Bertz CT molecular complexity index is 574. The summed E-state index contributed by atoms with van der Waals surface area (Å²) in [6.45, 7) is 12.1. The molecule has 4 heteroatoms. The normalized spacial score (nSPS) is 24.1. The van der Waals surface area contributed by atoms with Gasteiger partial charge in [0.05, 0.1) is 11.2 Å². The van der Waals surface area contributed by atoms with Crippen LogP contribution >= 0.6 is 11.6 Å². The molecular formula is C18H26ClN3. The minimum absolute atomic E-state index is 0.0350. The minimum Gasteiger partial charge on any atom is -0.302 e. The van der Waals surface area contributed by atoms with Crippen molar-refractivity contribution in [2.75, 3.05) is 19.6 Å². The van der Waals surface area contributed by atoms with Crippen LogP contribution in [0.2, 0.25) is 5.15 Å². The van der Waals surface area contributed by atoms with Crippen molar-refractivity contribution in [2.45, 2.75) is 39.8 Å². The summed E-state index contributed by atoms with van der Waals surface area (Å²) in [5.41, 5.74) is 3.83. The molecule has 1 fully saturated rings. The van der Waals surface area contributed by atoms with E-state index in [1.54, 1.807) is 0 Å². The highest BCUT2D eigenvalue weighted by Gasteiger charge is 2.50. The highest BCUT2D eigenvalue weighted by atomic mass is 35.5. The fourth-order valence-corrected chi connectivity index (χ4v) is 3.12. The van der Waals surface area contributed by atoms with Crippen LogP contribution in [0.3, 0.4) is 0 Å². The molecule has 22 heavy (non-hydrogen) atoms. The van der Waals surface area contributed by atoms with Gasteiger partial charge >= 0.3 is 0 Å². The first-order valence-corrected chi connectivity index (χ1v) is 8.46. The summed E-state index contributed by atoms with van der Waals surface area (Å²) in [5.74, 6) is 0. The summed E-state index contributed by atoms with van der Waals surface area (Å²) in [6, 6.07) is 4.01. The van der Waals surface area contributed by atoms with Gasteiger partial charge in [-0.25, -0.2) is 4.98 Å². The van der Waals surface area contributed by atoms with Gasteiger partial charge in [0.1, 0.15) is 5.15 Å². The van der Waals surface area contributed by atoms with Crippen LogP contribution in [0.5, 0.6) is 0 Å². The van der Waals surface area contributed by atoms with E-state index in [1.807, 2.05) is 19.9 Å². The number of halogens is 1. The molecule has 0 aliphatic carbocycles. The van der Waals surface area contributed by atoms with Crippen molar-refractivity contribution in [2.24, 2.45) is 0 Å². The van der Waals surface area contributed by atoms with Crippen LogP contribution < -0.4 is 5.32 Å². The van der Waals surface area contributed by atoms with Gasteiger partial charge in [0.15, 0.2) is 0 Å². The molecule has 0 amide bonds. The van der Waals surface area contributed by atoms with E-state index in [1.165, 1.54) is 11.1 Å². The first-order chi connectivity index (χ1) is 10.7. The zero-order valence-corrected chi connectivity index (χ0v) is 14.7. The maximum atomic E-state index is 6.05. The third kappa shape index (κ3) is 3.60. The first kappa shape index (κ1) is 17.2. The molecule has 3 heterocycles. The average Bonchev–Trinajstić information content (AvgIpc) is 3.30. The Kier molecular flexibility index (Phi) is 5.79. The molecule has 3 nitrogen and oxygen atoms in total. The van der Waals surface area contributed by atoms with Crippen LogP contribution in [0.4, 0.5) is 0 Å². The predicted octanol–water partition coefficient (Wildman–Crippen LogP) is 3.90. The molecular weight excluding hydrogens is 294 g/mol. The van der Waals surface area contributed by atoms with Gasteiger partial charge in [0.2, 0.25) is 0 Å². The van der Waals surface area contributed by atoms with Crippen molar-refractivity contribution < 1.29 is 0 Å². The van der Waals surface area contributed by atoms with Crippen molar-refractivity contribution in [3.05, 3.63) is 52.3 Å².